The van der Waals surface area contributed by atoms with E-state index < -0.39 is 5.97 Å². The van der Waals surface area contributed by atoms with E-state index in [0.29, 0.717) is 5.92 Å². The van der Waals surface area contributed by atoms with E-state index in [9.17, 15) is 4.79 Å². The number of carbonyl (C=O) groups is 1. The number of rotatable bonds is 25. The number of carboxylic acid groups (broad SMARTS) is 1. The Morgan fingerprint density at radius 2 is 1.09 bits per heavy atom. The monoisotopic (exact) mass is 658 g/mol. The Hall–Kier alpha value is -0.570. The van der Waals surface area contributed by atoms with Gasteiger partial charge in [0.05, 0.1) is 6.42 Å². The predicted octanol–water partition coefficient (Wildman–Crippen LogP) is 13.0. The number of carboxylic acids is 1. The van der Waals surface area contributed by atoms with E-state index in [2.05, 4.69) is 46.9 Å². The molecule has 12 unspecified atom stereocenters. The zero-order valence-electron chi connectivity index (χ0n) is 32.8. The van der Waals surface area contributed by atoms with Crippen LogP contribution < -0.4 is 5.32 Å². The van der Waals surface area contributed by atoms with Crippen LogP contribution in [0.5, 0.6) is 0 Å². The van der Waals surface area contributed by atoms with Gasteiger partial charge in [0.2, 0.25) is 0 Å². The zero-order chi connectivity index (χ0) is 34.2. The number of nitrogens with one attached hydrogen (secondary N) is 1. The maximum atomic E-state index is 11.0. The van der Waals surface area contributed by atoms with Crippen molar-refractivity contribution in [1.29, 1.82) is 0 Å². The second-order valence-corrected chi connectivity index (χ2v) is 18.4. The Morgan fingerprint density at radius 3 is 1.60 bits per heavy atom. The highest BCUT2D eigenvalue weighted by molar-refractivity contribution is 5.67. The molecule has 3 nitrogen and oxygen atoms in total. The molecule has 0 aromatic carbocycles. The maximum Gasteiger partial charge on any atom is 0.304 e. The Morgan fingerprint density at radius 1 is 0.596 bits per heavy atom. The molecular weight excluding hydrogens is 574 g/mol. The van der Waals surface area contributed by atoms with Crippen LogP contribution in [0.15, 0.2) is 0 Å². The molecule has 3 heteroatoms. The average molecular weight is 658 g/mol. The van der Waals surface area contributed by atoms with Gasteiger partial charge in [-0.25, -0.2) is 0 Å². The maximum absolute atomic E-state index is 11.0. The molecule has 0 aliphatic heterocycles. The number of aliphatic carboxylic acids is 1. The fraction of sp³-hybridized carbons (Fsp3) is 0.977. The standard InChI is InChI=1S/C44H83NO2/c1-8-34(4)40-24-21-37(28-40)13-11-9-10-12-35(5)41-25-22-38(29-41)19-15-32(2)14-18-36(6)42-26-23-39(30-42)20-16-33(3)17-27-43(45-7)31-44(46)47/h32-43,45H,8-31H2,1-7H3,(H,46,47). The first-order valence-corrected chi connectivity index (χ1v) is 21.5. The van der Waals surface area contributed by atoms with Crippen molar-refractivity contribution < 1.29 is 9.90 Å². The minimum atomic E-state index is -0.690. The third kappa shape index (κ3) is 15.5. The largest absolute Gasteiger partial charge is 0.481 e. The normalized spacial score (nSPS) is 30.3. The first-order chi connectivity index (χ1) is 22.6. The summed E-state index contributed by atoms with van der Waals surface area (Å²) in [6.07, 6.45) is 33.2. The van der Waals surface area contributed by atoms with Crippen molar-refractivity contribution in [3.05, 3.63) is 0 Å². The summed E-state index contributed by atoms with van der Waals surface area (Å²) in [5.41, 5.74) is 0. The molecule has 3 rings (SSSR count). The first-order valence-electron chi connectivity index (χ1n) is 21.5. The van der Waals surface area contributed by atoms with E-state index >= 15 is 0 Å². The molecule has 276 valence electrons. The zero-order valence-corrected chi connectivity index (χ0v) is 32.8. The van der Waals surface area contributed by atoms with Crippen LogP contribution in [0.4, 0.5) is 0 Å². The van der Waals surface area contributed by atoms with Crippen LogP contribution in [0.1, 0.15) is 196 Å². The average Bonchev–Trinajstić information content (AvgIpc) is 3.84. The lowest BCUT2D eigenvalue weighted by Gasteiger charge is -2.23. The number of hydrogen-bond donors (Lipinski definition) is 2. The third-order valence-electron chi connectivity index (χ3n) is 14.7. The molecular formula is C44H83NO2. The van der Waals surface area contributed by atoms with Crippen LogP contribution in [0.2, 0.25) is 0 Å². The molecule has 0 spiro atoms. The van der Waals surface area contributed by atoms with Gasteiger partial charge in [-0.05, 0) is 124 Å². The van der Waals surface area contributed by atoms with Gasteiger partial charge in [0.15, 0.2) is 0 Å². The summed E-state index contributed by atoms with van der Waals surface area (Å²) in [5.74, 6) is 9.70. The van der Waals surface area contributed by atoms with Gasteiger partial charge in [0, 0.05) is 6.04 Å². The van der Waals surface area contributed by atoms with E-state index in [1.54, 1.807) is 0 Å². The van der Waals surface area contributed by atoms with E-state index in [-0.39, 0.29) is 12.5 Å². The minimum Gasteiger partial charge on any atom is -0.481 e. The van der Waals surface area contributed by atoms with Crippen molar-refractivity contribution >= 4 is 5.97 Å². The molecule has 2 N–H and O–H groups in total. The smallest absolute Gasteiger partial charge is 0.304 e. The summed E-state index contributed by atoms with van der Waals surface area (Å²) < 4.78 is 0. The molecule has 0 amide bonds. The molecule has 3 aliphatic rings. The van der Waals surface area contributed by atoms with Crippen molar-refractivity contribution in [3.8, 4) is 0 Å². The van der Waals surface area contributed by atoms with Gasteiger partial charge < -0.3 is 10.4 Å². The Bertz CT molecular complexity index is 828. The molecule has 47 heavy (non-hydrogen) atoms. The van der Waals surface area contributed by atoms with E-state index in [4.69, 9.17) is 5.11 Å². The van der Waals surface area contributed by atoms with Crippen LogP contribution in [0.3, 0.4) is 0 Å². The molecule has 12 atom stereocenters. The topological polar surface area (TPSA) is 49.3 Å². The minimum absolute atomic E-state index is 0.117. The van der Waals surface area contributed by atoms with Crippen LogP contribution >= 0.6 is 0 Å². The van der Waals surface area contributed by atoms with E-state index in [1.807, 2.05) is 7.05 Å². The van der Waals surface area contributed by atoms with Crippen LogP contribution in [0.25, 0.3) is 0 Å². The molecule has 0 aromatic rings. The van der Waals surface area contributed by atoms with Crippen LogP contribution in [-0.2, 0) is 4.79 Å². The molecule has 0 saturated heterocycles. The summed E-state index contributed by atoms with van der Waals surface area (Å²) in [7, 11) is 1.89. The van der Waals surface area contributed by atoms with Crippen molar-refractivity contribution in [2.45, 2.75) is 202 Å². The summed E-state index contributed by atoms with van der Waals surface area (Å²) in [6.45, 7) is 14.9. The lowest BCUT2D eigenvalue weighted by molar-refractivity contribution is -0.137. The molecule has 0 bridgehead atoms. The van der Waals surface area contributed by atoms with Gasteiger partial charge in [-0.15, -0.1) is 0 Å². The van der Waals surface area contributed by atoms with Crippen molar-refractivity contribution in [2.24, 2.45) is 65.1 Å². The first kappa shape index (κ1) is 40.9. The number of hydrogen-bond acceptors (Lipinski definition) is 2. The van der Waals surface area contributed by atoms with Crippen molar-refractivity contribution in [2.75, 3.05) is 7.05 Å². The molecule has 0 heterocycles. The number of unbranched alkanes of at least 4 members (excludes halogenated alkanes) is 2. The van der Waals surface area contributed by atoms with Crippen LogP contribution in [0, 0.1) is 65.1 Å². The lowest BCUT2D eigenvalue weighted by atomic mass is 9.83. The lowest BCUT2D eigenvalue weighted by Crippen LogP contribution is -2.28. The van der Waals surface area contributed by atoms with Gasteiger partial charge in [0.25, 0.3) is 0 Å². The Labute approximate surface area is 294 Å². The van der Waals surface area contributed by atoms with Gasteiger partial charge in [-0.3, -0.25) is 4.79 Å². The fourth-order valence-corrected chi connectivity index (χ4v) is 10.5. The van der Waals surface area contributed by atoms with E-state index in [0.717, 1.165) is 72.0 Å². The molecule has 0 radical (unpaired) electrons. The summed E-state index contributed by atoms with van der Waals surface area (Å²) in [6, 6.07) is 0.117. The molecule has 0 aromatic heterocycles. The summed E-state index contributed by atoms with van der Waals surface area (Å²) >= 11 is 0. The second-order valence-electron chi connectivity index (χ2n) is 18.4. The molecule has 3 aliphatic carbocycles. The highest BCUT2D eigenvalue weighted by Gasteiger charge is 2.31. The molecule has 3 saturated carbocycles. The van der Waals surface area contributed by atoms with Gasteiger partial charge in [-0.1, -0.05) is 138 Å². The fourth-order valence-electron chi connectivity index (χ4n) is 10.5. The van der Waals surface area contributed by atoms with Gasteiger partial charge in [0.1, 0.15) is 0 Å². The van der Waals surface area contributed by atoms with Crippen molar-refractivity contribution in [3.63, 3.8) is 0 Å². The van der Waals surface area contributed by atoms with Gasteiger partial charge in [-0.2, -0.15) is 0 Å². The summed E-state index contributed by atoms with van der Waals surface area (Å²) in [4.78, 5) is 11.0. The SMILES string of the molecule is CCC(C)C1CCC(CCCCCC(C)C2CCC(CCC(C)CCC(C)C3CCC(CCC(C)CCC(CC(=O)O)NC)C3)C2)C1. The van der Waals surface area contributed by atoms with Gasteiger partial charge >= 0.3 is 5.97 Å². The summed E-state index contributed by atoms with van der Waals surface area (Å²) in [5, 5.41) is 12.3. The highest BCUT2D eigenvalue weighted by atomic mass is 16.4. The third-order valence-corrected chi connectivity index (χ3v) is 14.7. The highest BCUT2D eigenvalue weighted by Crippen LogP contribution is 2.43. The predicted molar refractivity (Wildman–Crippen MR) is 204 cm³/mol. The Kier molecular flexibility index (Phi) is 19.4. The Balaban J connectivity index is 1.18. The van der Waals surface area contributed by atoms with E-state index in [1.165, 1.54) is 135 Å². The second kappa shape index (κ2) is 22.3. The molecule has 3 fully saturated rings. The quantitative estimate of drug-likeness (QED) is 0.0961. The van der Waals surface area contributed by atoms with Crippen LogP contribution in [-0.4, -0.2) is 24.2 Å². The van der Waals surface area contributed by atoms with Crippen molar-refractivity contribution in [1.82, 2.24) is 5.32 Å².